The van der Waals surface area contributed by atoms with Gasteiger partial charge in [-0.25, -0.2) is 19.2 Å². The lowest BCUT2D eigenvalue weighted by atomic mass is 10.0. The molecule has 2 aromatic heterocycles. The molecule has 2 atom stereocenters. The van der Waals surface area contributed by atoms with Crippen molar-refractivity contribution in [2.24, 2.45) is 0 Å². The number of rotatable bonds is 9. The van der Waals surface area contributed by atoms with Crippen molar-refractivity contribution in [3.05, 3.63) is 77.5 Å². The maximum Gasteiger partial charge on any atom is 0.407 e. The number of anilines is 2. The molecular weight excluding hydrogens is 613 g/mol. The summed E-state index contributed by atoms with van der Waals surface area (Å²) in [5, 5.41) is 16.9. The van der Waals surface area contributed by atoms with Gasteiger partial charge < -0.3 is 25.4 Å². The first-order chi connectivity index (χ1) is 21.9. The summed E-state index contributed by atoms with van der Waals surface area (Å²) in [7, 11) is 0. The van der Waals surface area contributed by atoms with Gasteiger partial charge in [0.15, 0.2) is 0 Å². The molecule has 3 N–H and O–H groups in total. The lowest BCUT2D eigenvalue weighted by Gasteiger charge is -2.37. The van der Waals surface area contributed by atoms with Gasteiger partial charge in [-0.05, 0) is 51.5 Å². The number of hydrogen-bond acceptors (Lipinski definition) is 9. The predicted molar refractivity (Wildman–Crippen MR) is 176 cm³/mol. The van der Waals surface area contributed by atoms with Crippen LogP contribution in [0, 0.1) is 5.82 Å². The van der Waals surface area contributed by atoms with Crippen molar-refractivity contribution < 1.29 is 23.8 Å². The van der Waals surface area contributed by atoms with Crippen LogP contribution < -0.4 is 15.5 Å². The molecular formula is C33H37ClFN7O4. The molecule has 0 spiro atoms. The molecule has 1 amide bonds. The number of halogens is 2. The first-order valence-electron chi connectivity index (χ1n) is 15.0. The zero-order valence-electron chi connectivity index (χ0n) is 26.1. The normalized spacial score (nSPS) is 15.3. The fraction of sp³-hybridized carbons (Fsp3) is 0.364. The van der Waals surface area contributed by atoms with E-state index in [-0.39, 0.29) is 18.4 Å². The number of carbonyl (C=O) groups is 2. The third-order valence-electron chi connectivity index (χ3n) is 7.69. The van der Waals surface area contributed by atoms with Crippen LogP contribution in [0.1, 0.15) is 39.3 Å². The van der Waals surface area contributed by atoms with Crippen LogP contribution in [-0.4, -0.2) is 81.4 Å². The van der Waals surface area contributed by atoms with Gasteiger partial charge in [0.25, 0.3) is 0 Å². The quantitative estimate of drug-likeness (QED) is 0.206. The number of hydrogen-bond donors (Lipinski definition) is 3. The van der Waals surface area contributed by atoms with Crippen LogP contribution in [0.4, 0.5) is 20.8 Å². The minimum Gasteiger partial charge on any atom is -0.480 e. The molecule has 1 aliphatic heterocycles. The Kier molecular flexibility index (Phi) is 9.88. The number of pyridine rings is 1. The van der Waals surface area contributed by atoms with E-state index in [1.165, 1.54) is 6.07 Å². The molecule has 2 unspecified atom stereocenters. The van der Waals surface area contributed by atoms with Crippen LogP contribution in [0.15, 0.2) is 61.1 Å². The molecule has 2 aromatic carbocycles. The summed E-state index contributed by atoms with van der Waals surface area (Å²) in [6, 6.07) is 11.2. The van der Waals surface area contributed by atoms with Crippen LogP contribution in [0.5, 0.6) is 0 Å². The Morgan fingerprint density at radius 2 is 1.72 bits per heavy atom. The molecule has 0 saturated carbocycles. The largest absolute Gasteiger partial charge is 0.480 e. The van der Waals surface area contributed by atoms with Gasteiger partial charge in [-0.1, -0.05) is 35.9 Å². The number of fused-ring (bicyclic) bond motifs is 1. The number of ether oxygens (including phenoxy) is 1. The van der Waals surface area contributed by atoms with Gasteiger partial charge in [0, 0.05) is 67.8 Å². The van der Waals surface area contributed by atoms with Crippen molar-refractivity contribution >= 4 is 46.2 Å². The van der Waals surface area contributed by atoms with E-state index in [0.717, 1.165) is 22.0 Å². The second kappa shape index (κ2) is 13.8. The molecule has 1 fully saturated rings. The van der Waals surface area contributed by atoms with E-state index in [2.05, 4.69) is 25.6 Å². The topological polar surface area (TPSA) is 133 Å². The smallest absolute Gasteiger partial charge is 0.407 e. The van der Waals surface area contributed by atoms with Crippen molar-refractivity contribution in [1.29, 1.82) is 0 Å². The average molecular weight is 650 g/mol. The molecule has 5 rings (SSSR count). The first-order valence-corrected chi connectivity index (χ1v) is 15.4. The highest BCUT2D eigenvalue weighted by molar-refractivity contribution is 6.34. The van der Waals surface area contributed by atoms with E-state index >= 15 is 0 Å². The number of aromatic nitrogens is 3. The number of amides is 1. The fourth-order valence-corrected chi connectivity index (χ4v) is 5.55. The lowest BCUT2D eigenvalue weighted by molar-refractivity contribution is -0.143. The van der Waals surface area contributed by atoms with Crippen molar-refractivity contribution in [2.75, 3.05) is 42.9 Å². The van der Waals surface area contributed by atoms with Gasteiger partial charge in [-0.2, -0.15) is 0 Å². The van der Waals surface area contributed by atoms with Crippen LogP contribution in [0.25, 0.3) is 22.0 Å². The number of nitrogens with one attached hydrogen (secondary N) is 2. The summed E-state index contributed by atoms with van der Waals surface area (Å²) in [6.45, 7) is 9.00. The molecule has 0 aliphatic carbocycles. The highest BCUT2D eigenvalue weighted by Crippen LogP contribution is 2.35. The van der Waals surface area contributed by atoms with Crippen LogP contribution in [0.2, 0.25) is 5.02 Å². The molecule has 11 nitrogen and oxygen atoms in total. The van der Waals surface area contributed by atoms with Crippen LogP contribution >= 0.6 is 11.6 Å². The van der Waals surface area contributed by atoms with E-state index in [0.29, 0.717) is 48.4 Å². The number of benzene rings is 2. The van der Waals surface area contributed by atoms with Crippen molar-refractivity contribution in [2.45, 2.75) is 45.4 Å². The number of carboxylic acids is 1. The van der Waals surface area contributed by atoms with Crippen molar-refractivity contribution in [1.82, 2.24) is 25.2 Å². The number of carboxylic acid groups (broad SMARTS) is 1. The summed E-state index contributed by atoms with van der Waals surface area (Å²) in [5.41, 5.74) is 2.88. The van der Waals surface area contributed by atoms with E-state index in [9.17, 15) is 19.1 Å². The Balaban J connectivity index is 1.26. The fourth-order valence-electron chi connectivity index (χ4n) is 5.35. The van der Waals surface area contributed by atoms with Crippen LogP contribution in [-0.2, 0) is 9.53 Å². The van der Waals surface area contributed by atoms with E-state index in [1.807, 2.05) is 34.9 Å². The average Bonchev–Trinajstić information content (AvgIpc) is 3.02. The molecule has 0 bridgehead atoms. The summed E-state index contributed by atoms with van der Waals surface area (Å²) in [4.78, 5) is 41.5. The number of nitrogens with zero attached hydrogens (tertiary/aromatic N) is 5. The van der Waals surface area contributed by atoms with Gasteiger partial charge in [0.05, 0.1) is 22.3 Å². The van der Waals surface area contributed by atoms with Gasteiger partial charge in [-0.3, -0.25) is 14.7 Å². The molecule has 3 heterocycles. The zero-order chi connectivity index (χ0) is 33.0. The van der Waals surface area contributed by atoms with Crippen LogP contribution in [0.3, 0.4) is 0 Å². The Morgan fingerprint density at radius 1 is 1.02 bits per heavy atom. The number of alkyl carbamates (subject to hydrolysis) is 1. The van der Waals surface area contributed by atoms with E-state index < -0.39 is 23.7 Å². The molecule has 4 aromatic rings. The lowest BCUT2D eigenvalue weighted by Crippen LogP contribution is -2.56. The molecule has 46 heavy (non-hydrogen) atoms. The standard InChI is InChI=1S/C33H37ClFN7O4/c1-20(23-7-5-6-8-26(23)35)40-29-24-15-21(9-10-27(24)36-18-25(29)34)22-16-37-31(38-17-22)42-13-11-41(12-14-42)28(30(43)44)19-39-32(45)46-33(2,3)4/h5-10,15-18,20,28H,11-14,19H2,1-4H3,(H,36,40)(H,39,45)(H,43,44). The van der Waals surface area contributed by atoms with Gasteiger partial charge in [0.2, 0.25) is 5.95 Å². The maximum atomic E-state index is 14.5. The second-order valence-corrected chi connectivity index (χ2v) is 12.5. The highest BCUT2D eigenvalue weighted by Gasteiger charge is 2.30. The molecule has 242 valence electrons. The summed E-state index contributed by atoms with van der Waals surface area (Å²) >= 11 is 6.57. The molecule has 1 saturated heterocycles. The zero-order valence-corrected chi connectivity index (χ0v) is 26.9. The van der Waals surface area contributed by atoms with Gasteiger partial charge >= 0.3 is 12.1 Å². The number of carbonyl (C=O) groups excluding carboxylic acids is 1. The number of aliphatic carboxylic acids is 1. The van der Waals surface area contributed by atoms with Crippen molar-refractivity contribution in [3.63, 3.8) is 0 Å². The van der Waals surface area contributed by atoms with Gasteiger partial charge in [0.1, 0.15) is 17.5 Å². The monoisotopic (exact) mass is 649 g/mol. The van der Waals surface area contributed by atoms with E-state index in [1.54, 1.807) is 57.6 Å². The summed E-state index contributed by atoms with van der Waals surface area (Å²) in [5.74, 6) is -0.779. The Bertz CT molecular complexity index is 1710. The summed E-state index contributed by atoms with van der Waals surface area (Å²) in [6.07, 6.45) is 4.41. The molecule has 0 radical (unpaired) electrons. The summed E-state index contributed by atoms with van der Waals surface area (Å²) < 4.78 is 19.7. The SMILES string of the molecule is CC(Nc1c(Cl)cnc2ccc(-c3cnc(N4CCN(C(CNC(=O)OC(C)(C)C)C(=O)O)CC4)nc3)cc12)c1ccccc1F. The minimum atomic E-state index is -1.02. The predicted octanol–water partition coefficient (Wildman–Crippen LogP) is 5.76. The third kappa shape index (κ3) is 7.80. The molecule has 13 heteroatoms. The Hall–Kier alpha value is -4.55. The first kappa shape index (κ1) is 32.8. The van der Waals surface area contributed by atoms with Crippen molar-refractivity contribution in [3.8, 4) is 11.1 Å². The maximum absolute atomic E-state index is 14.5. The van der Waals surface area contributed by atoms with Gasteiger partial charge in [-0.15, -0.1) is 0 Å². The Morgan fingerprint density at radius 3 is 2.37 bits per heavy atom. The molecule has 1 aliphatic rings. The van der Waals surface area contributed by atoms with E-state index in [4.69, 9.17) is 16.3 Å². The highest BCUT2D eigenvalue weighted by atomic mass is 35.5. The Labute approximate surface area is 271 Å². The third-order valence-corrected chi connectivity index (χ3v) is 7.97. The second-order valence-electron chi connectivity index (χ2n) is 12.1. The minimum absolute atomic E-state index is 0.0682. The number of piperazine rings is 1.